The van der Waals surface area contributed by atoms with Crippen LogP contribution in [0.3, 0.4) is 0 Å². The van der Waals surface area contributed by atoms with Gasteiger partial charge in [0, 0.05) is 17.7 Å². The third-order valence-corrected chi connectivity index (χ3v) is 6.30. The molecule has 0 aliphatic carbocycles. The van der Waals surface area contributed by atoms with E-state index in [0.717, 1.165) is 35.3 Å². The van der Waals surface area contributed by atoms with Crippen molar-refractivity contribution in [2.75, 3.05) is 19.5 Å². The van der Waals surface area contributed by atoms with Crippen molar-refractivity contribution in [2.24, 2.45) is 5.73 Å². The van der Waals surface area contributed by atoms with Crippen molar-refractivity contribution in [3.8, 4) is 17.3 Å². The lowest BCUT2D eigenvalue weighted by Gasteiger charge is -2.23. The lowest BCUT2D eigenvalue weighted by atomic mass is 9.88. The second kappa shape index (κ2) is 9.57. The molecule has 0 amide bonds. The summed E-state index contributed by atoms with van der Waals surface area (Å²) in [5.74, 6) is 1.85. The van der Waals surface area contributed by atoms with Gasteiger partial charge in [-0.1, -0.05) is 30.3 Å². The van der Waals surface area contributed by atoms with Crippen LogP contribution >= 0.6 is 0 Å². The number of nitrogen functional groups attached to an aromatic ring is 2. The molecule has 4 aromatic rings. The molecule has 36 heavy (non-hydrogen) atoms. The second-order valence-electron chi connectivity index (χ2n) is 8.67. The third-order valence-electron chi connectivity index (χ3n) is 6.30. The molecule has 1 unspecified atom stereocenters. The van der Waals surface area contributed by atoms with Gasteiger partial charge in [-0.15, -0.1) is 5.10 Å². The number of aryl methyl sites for hydroxylation is 1. The van der Waals surface area contributed by atoms with Gasteiger partial charge < -0.3 is 20.9 Å². The monoisotopic (exact) mass is 485 g/mol. The van der Waals surface area contributed by atoms with E-state index in [4.69, 9.17) is 26.4 Å². The Labute approximate surface area is 207 Å². The molecule has 5 rings (SSSR count). The third kappa shape index (κ3) is 4.40. The number of rotatable bonds is 7. The van der Waals surface area contributed by atoms with Gasteiger partial charge in [0.1, 0.15) is 11.7 Å². The number of methoxy groups -OCH3 is 1. The first kappa shape index (κ1) is 23.2. The molecule has 1 aliphatic heterocycles. The van der Waals surface area contributed by atoms with Crippen molar-refractivity contribution in [3.05, 3.63) is 93.3 Å². The number of benzene rings is 2. The van der Waals surface area contributed by atoms with Crippen molar-refractivity contribution in [1.29, 1.82) is 5.41 Å². The van der Waals surface area contributed by atoms with Crippen molar-refractivity contribution >= 4 is 11.5 Å². The Balaban J connectivity index is 1.62. The Morgan fingerprint density at radius 3 is 2.81 bits per heavy atom. The summed E-state index contributed by atoms with van der Waals surface area (Å²) in [4.78, 5) is 20.1. The predicted octanol–water partition coefficient (Wildman–Crippen LogP) is 2.53. The van der Waals surface area contributed by atoms with Crippen LogP contribution in [0.1, 0.15) is 40.4 Å². The zero-order valence-electron chi connectivity index (χ0n) is 19.8. The number of amidine groups is 1. The van der Waals surface area contributed by atoms with Gasteiger partial charge in [-0.05, 0) is 54.2 Å². The highest BCUT2D eigenvalue weighted by molar-refractivity contribution is 5.94. The first-order valence-electron chi connectivity index (χ1n) is 11.6. The number of nitrogens with one attached hydrogen (secondary N) is 2. The standard InChI is InChI=1S/C26H27N7O3/c1-35-21-14-18(13-17-4-3-11-36-22(17)21)19(12-15-6-8-16(9-7-15)23(28)29)24-31-26(34)33(32-24)25-20(27)5-2-10-30-25/h2,5-10,13-14,19H,3-4,11-12,27H2,1H3,(H3,28,29)(H,31,32,34). The Hall–Kier alpha value is -4.60. The second-order valence-corrected chi connectivity index (χ2v) is 8.67. The van der Waals surface area contributed by atoms with Gasteiger partial charge in [0.2, 0.25) is 0 Å². The molecule has 184 valence electrons. The molecule has 0 saturated carbocycles. The molecule has 10 heteroatoms. The zero-order valence-corrected chi connectivity index (χ0v) is 19.8. The van der Waals surface area contributed by atoms with Gasteiger partial charge in [0.15, 0.2) is 17.3 Å². The van der Waals surface area contributed by atoms with E-state index in [9.17, 15) is 4.79 Å². The summed E-state index contributed by atoms with van der Waals surface area (Å²) in [6.07, 6.45) is 3.89. The van der Waals surface area contributed by atoms with E-state index in [1.54, 1.807) is 25.4 Å². The van der Waals surface area contributed by atoms with E-state index in [1.807, 2.05) is 30.3 Å². The molecule has 1 aliphatic rings. The van der Waals surface area contributed by atoms with Crippen LogP contribution in [0, 0.1) is 5.41 Å². The Morgan fingerprint density at radius 1 is 1.28 bits per heavy atom. The average molecular weight is 486 g/mol. The van der Waals surface area contributed by atoms with Gasteiger partial charge >= 0.3 is 5.69 Å². The molecule has 2 aromatic heterocycles. The van der Waals surface area contributed by atoms with Gasteiger partial charge in [-0.3, -0.25) is 10.4 Å². The normalized spacial score (nSPS) is 13.5. The lowest BCUT2D eigenvalue weighted by molar-refractivity contribution is 0.269. The van der Waals surface area contributed by atoms with Crippen molar-refractivity contribution in [3.63, 3.8) is 0 Å². The summed E-state index contributed by atoms with van der Waals surface area (Å²) in [5.41, 5.74) is 15.2. The van der Waals surface area contributed by atoms with Crippen LogP contribution in [0.4, 0.5) is 5.69 Å². The van der Waals surface area contributed by atoms with Gasteiger partial charge in [-0.25, -0.2) is 9.78 Å². The summed E-state index contributed by atoms with van der Waals surface area (Å²) in [7, 11) is 1.62. The first-order valence-corrected chi connectivity index (χ1v) is 11.6. The Bertz CT molecular complexity index is 1460. The molecule has 0 spiro atoms. The van der Waals surface area contributed by atoms with E-state index in [2.05, 4.69) is 21.1 Å². The fourth-order valence-electron chi connectivity index (χ4n) is 4.48. The van der Waals surface area contributed by atoms with E-state index >= 15 is 0 Å². The van der Waals surface area contributed by atoms with Crippen molar-refractivity contribution in [1.82, 2.24) is 19.7 Å². The minimum Gasteiger partial charge on any atom is -0.493 e. The van der Waals surface area contributed by atoms with E-state index in [-0.39, 0.29) is 17.6 Å². The maximum atomic E-state index is 12.9. The molecule has 0 radical (unpaired) electrons. The summed E-state index contributed by atoms with van der Waals surface area (Å²) < 4.78 is 12.7. The van der Waals surface area contributed by atoms with Crippen LogP contribution in [0.15, 0.2) is 59.5 Å². The fourth-order valence-corrected chi connectivity index (χ4v) is 4.48. The predicted molar refractivity (Wildman–Crippen MR) is 136 cm³/mol. The van der Waals surface area contributed by atoms with Crippen LogP contribution in [-0.2, 0) is 12.8 Å². The summed E-state index contributed by atoms with van der Waals surface area (Å²) >= 11 is 0. The van der Waals surface area contributed by atoms with Gasteiger partial charge in [-0.2, -0.15) is 4.68 Å². The highest BCUT2D eigenvalue weighted by atomic mass is 16.5. The number of nitrogens with two attached hydrogens (primary N) is 2. The van der Waals surface area contributed by atoms with Crippen LogP contribution in [0.2, 0.25) is 0 Å². The Morgan fingerprint density at radius 2 is 2.08 bits per heavy atom. The number of anilines is 1. The highest BCUT2D eigenvalue weighted by Crippen LogP contribution is 2.39. The first-order chi connectivity index (χ1) is 17.4. The number of H-pyrrole nitrogens is 1. The van der Waals surface area contributed by atoms with Crippen LogP contribution in [0.5, 0.6) is 11.5 Å². The number of ether oxygens (including phenoxy) is 2. The number of pyridine rings is 1. The van der Waals surface area contributed by atoms with Gasteiger partial charge in [0.25, 0.3) is 0 Å². The van der Waals surface area contributed by atoms with Crippen molar-refractivity contribution < 1.29 is 9.47 Å². The molecular formula is C26H27N7O3. The highest BCUT2D eigenvalue weighted by Gasteiger charge is 2.26. The van der Waals surface area contributed by atoms with Crippen LogP contribution in [0.25, 0.3) is 5.82 Å². The Kier molecular flexibility index (Phi) is 6.16. The van der Waals surface area contributed by atoms with E-state index in [1.165, 1.54) is 4.68 Å². The maximum Gasteiger partial charge on any atom is 0.349 e. The van der Waals surface area contributed by atoms with E-state index < -0.39 is 5.69 Å². The molecule has 0 saturated heterocycles. The largest absolute Gasteiger partial charge is 0.493 e. The zero-order chi connectivity index (χ0) is 25.2. The average Bonchev–Trinajstić information content (AvgIpc) is 3.27. The quantitative estimate of drug-likeness (QED) is 0.231. The van der Waals surface area contributed by atoms with Crippen LogP contribution < -0.4 is 26.6 Å². The molecule has 1 atom stereocenters. The molecular weight excluding hydrogens is 458 g/mol. The summed E-state index contributed by atoms with van der Waals surface area (Å²) in [6, 6.07) is 14.9. The van der Waals surface area contributed by atoms with Crippen molar-refractivity contribution in [2.45, 2.75) is 25.2 Å². The molecule has 6 N–H and O–H groups in total. The van der Waals surface area contributed by atoms with Crippen LogP contribution in [-0.4, -0.2) is 39.3 Å². The SMILES string of the molecule is COc1cc(C(Cc2ccc(C(=N)N)cc2)c2nn(-c3ncccc3N)c(=O)[nH]2)cc2c1OCCC2. The summed E-state index contributed by atoms with van der Waals surface area (Å²) in [6.45, 7) is 0.651. The number of fused-ring (bicyclic) bond motifs is 1. The molecule has 10 nitrogen and oxygen atoms in total. The lowest BCUT2D eigenvalue weighted by Crippen LogP contribution is -2.18. The minimum atomic E-state index is -0.430. The summed E-state index contributed by atoms with van der Waals surface area (Å²) in [5, 5.41) is 12.3. The molecule has 3 heterocycles. The molecule has 0 fully saturated rings. The number of nitrogens with zero attached hydrogens (tertiary/aromatic N) is 3. The smallest absolute Gasteiger partial charge is 0.349 e. The molecule has 2 aromatic carbocycles. The van der Waals surface area contributed by atoms with Gasteiger partial charge in [0.05, 0.1) is 19.4 Å². The number of aromatic nitrogens is 4. The number of hydrogen-bond acceptors (Lipinski definition) is 7. The number of hydrogen-bond donors (Lipinski definition) is 4. The molecule has 0 bridgehead atoms. The minimum absolute atomic E-state index is 0.00791. The van der Waals surface area contributed by atoms with E-state index in [0.29, 0.717) is 35.9 Å². The maximum absolute atomic E-state index is 12.9. The fraction of sp³-hybridized carbons (Fsp3) is 0.231. The number of aromatic amines is 1. The topological polar surface area (TPSA) is 158 Å².